The fourth-order valence-corrected chi connectivity index (χ4v) is 3.78. The van der Waals surface area contributed by atoms with Gasteiger partial charge >= 0.3 is 0 Å². The van der Waals surface area contributed by atoms with Gasteiger partial charge in [0.2, 0.25) is 0 Å². The highest BCUT2D eigenvalue weighted by molar-refractivity contribution is 7.97. The Bertz CT molecular complexity index is 521. The summed E-state index contributed by atoms with van der Waals surface area (Å²) in [6, 6.07) is 10.6. The first-order valence-corrected chi connectivity index (χ1v) is 9.15. The van der Waals surface area contributed by atoms with Crippen LogP contribution in [0.5, 0.6) is 0 Å². The molecule has 0 saturated heterocycles. The summed E-state index contributed by atoms with van der Waals surface area (Å²) in [5.41, 5.74) is 2.46. The van der Waals surface area contributed by atoms with Crippen LogP contribution in [0.3, 0.4) is 0 Å². The fraction of sp³-hybridized carbons (Fsp3) is 0.438. The first-order valence-electron chi connectivity index (χ1n) is 6.94. The van der Waals surface area contributed by atoms with Crippen molar-refractivity contribution in [3.05, 3.63) is 41.0 Å². The molecule has 0 atom stereocenters. The molecule has 0 saturated carbocycles. The van der Waals surface area contributed by atoms with Crippen LogP contribution in [0.1, 0.15) is 24.5 Å². The Balaban J connectivity index is 2.19. The standard InChI is InChI=1S/C16H22N2S2/c1-12(2)9-17-10-14-16(13-7-5-4-6-8-13)20-15(18-14)11-19-3/h4-8,12,17H,9-11H2,1-3H3. The second-order valence-corrected chi connectivity index (χ2v) is 7.16. The summed E-state index contributed by atoms with van der Waals surface area (Å²) in [6.45, 7) is 6.34. The number of benzene rings is 1. The normalized spacial score (nSPS) is 11.2. The van der Waals surface area contributed by atoms with Gasteiger partial charge in [-0.2, -0.15) is 11.8 Å². The third kappa shape index (κ3) is 4.33. The van der Waals surface area contributed by atoms with Gasteiger partial charge in [0.1, 0.15) is 5.01 Å². The van der Waals surface area contributed by atoms with E-state index in [-0.39, 0.29) is 0 Å². The van der Waals surface area contributed by atoms with Crippen molar-refractivity contribution in [1.29, 1.82) is 0 Å². The molecule has 2 nitrogen and oxygen atoms in total. The van der Waals surface area contributed by atoms with E-state index in [2.05, 4.69) is 55.8 Å². The van der Waals surface area contributed by atoms with E-state index in [0.29, 0.717) is 5.92 Å². The van der Waals surface area contributed by atoms with E-state index in [9.17, 15) is 0 Å². The summed E-state index contributed by atoms with van der Waals surface area (Å²) in [5, 5.41) is 4.72. The number of aromatic nitrogens is 1. The quantitative estimate of drug-likeness (QED) is 0.819. The molecule has 20 heavy (non-hydrogen) atoms. The number of rotatable bonds is 7. The van der Waals surface area contributed by atoms with E-state index in [1.54, 1.807) is 0 Å². The van der Waals surface area contributed by atoms with Crippen molar-refractivity contribution < 1.29 is 0 Å². The molecular formula is C16H22N2S2. The van der Waals surface area contributed by atoms with Gasteiger partial charge in [0.25, 0.3) is 0 Å². The summed E-state index contributed by atoms with van der Waals surface area (Å²) < 4.78 is 0. The number of nitrogens with zero attached hydrogens (tertiary/aromatic N) is 1. The first-order chi connectivity index (χ1) is 9.70. The number of hydrogen-bond acceptors (Lipinski definition) is 4. The molecule has 1 heterocycles. The molecule has 1 aromatic carbocycles. The number of nitrogens with one attached hydrogen (secondary N) is 1. The van der Waals surface area contributed by atoms with Crippen molar-refractivity contribution in [2.45, 2.75) is 26.1 Å². The highest BCUT2D eigenvalue weighted by Crippen LogP contribution is 2.31. The van der Waals surface area contributed by atoms with E-state index >= 15 is 0 Å². The van der Waals surface area contributed by atoms with E-state index < -0.39 is 0 Å². The Morgan fingerprint density at radius 2 is 2.00 bits per heavy atom. The Hall–Kier alpha value is -0.840. The van der Waals surface area contributed by atoms with Gasteiger partial charge in [-0.05, 0) is 24.3 Å². The van der Waals surface area contributed by atoms with Gasteiger partial charge < -0.3 is 5.32 Å². The predicted molar refractivity (Wildman–Crippen MR) is 91.3 cm³/mol. The molecular weight excluding hydrogens is 284 g/mol. The lowest BCUT2D eigenvalue weighted by Gasteiger charge is -2.07. The van der Waals surface area contributed by atoms with Gasteiger partial charge in [-0.3, -0.25) is 0 Å². The van der Waals surface area contributed by atoms with Crippen LogP contribution in [-0.4, -0.2) is 17.8 Å². The van der Waals surface area contributed by atoms with Crippen LogP contribution < -0.4 is 5.32 Å². The SMILES string of the molecule is CSCc1nc(CNCC(C)C)c(-c2ccccc2)s1. The van der Waals surface area contributed by atoms with Crippen molar-refractivity contribution in [1.82, 2.24) is 10.3 Å². The second kappa shape index (κ2) is 7.81. The molecule has 2 aromatic rings. The Morgan fingerprint density at radius 1 is 1.25 bits per heavy atom. The zero-order valence-corrected chi connectivity index (χ0v) is 14.0. The summed E-state index contributed by atoms with van der Waals surface area (Å²) in [4.78, 5) is 6.12. The molecule has 0 spiro atoms. The Kier molecular flexibility index (Phi) is 6.07. The van der Waals surface area contributed by atoms with Gasteiger partial charge in [-0.15, -0.1) is 11.3 Å². The molecule has 108 valence electrons. The minimum atomic E-state index is 0.666. The van der Waals surface area contributed by atoms with Crippen molar-refractivity contribution in [2.75, 3.05) is 12.8 Å². The van der Waals surface area contributed by atoms with Gasteiger partial charge in [0, 0.05) is 12.3 Å². The van der Waals surface area contributed by atoms with Crippen LogP contribution in [0, 0.1) is 5.92 Å². The van der Waals surface area contributed by atoms with Gasteiger partial charge in [-0.1, -0.05) is 44.2 Å². The van der Waals surface area contributed by atoms with E-state index in [4.69, 9.17) is 4.98 Å². The predicted octanol–water partition coefficient (Wildman–Crippen LogP) is 4.42. The van der Waals surface area contributed by atoms with E-state index in [1.807, 2.05) is 23.1 Å². The zero-order valence-electron chi connectivity index (χ0n) is 12.3. The summed E-state index contributed by atoms with van der Waals surface area (Å²) >= 11 is 3.65. The maximum absolute atomic E-state index is 4.81. The summed E-state index contributed by atoms with van der Waals surface area (Å²) in [5.74, 6) is 1.66. The Labute approximate surface area is 130 Å². The van der Waals surface area contributed by atoms with Crippen molar-refractivity contribution in [3.63, 3.8) is 0 Å². The number of thiazole rings is 1. The topological polar surface area (TPSA) is 24.9 Å². The molecule has 0 amide bonds. The lowest BCUT2D eigenvalue weighted by atomic mass is 10.1. The average molecular weight is 306 g/mol. The minimum Gasteiger partial charge on any atom is -0.311 e. The maximum Gasteiger partial charge on any atom is 0.103 e. The fourth-order valence-electron chi connectivity index (χ4n) is 2.00. The highest BCUT2D eigenvalue weighted by Gasteiger charge is 2.12. The molecule has 1 aromatic heterocycles. The molecule has 0 aliphatic heterocycles. The zero-order chi connectivity index (χ0) is 14.4. The van der Waals surface area contributed by atoms with Crippen molar-refractivity contribution in [2.24, 2.45) is 5.92 Å². The number of hydrogen-bond donors (Lipinski definition) is 1. The Morgan fingerprint density at radius 3 is 2.65 bits per heavy atom. The van der Waals surface area contributed by atoms with Gasteiger partial charge in [0.15, 0.2) is 0 Å². The molecule has 0 aliphatic rings. The molecule has 0 radical (unpaired) electrons. The lowest BCUT2D eigenvalue weighted by Crippen LogP contribution is -2.19. The molecule has 1 N–H and O–H groups in total. The smallest absolute Gasteiger partial charge is 0.103 e. The largest absolute Gasteiger partial charge is 0.311 e. The molecule has 4 heteroatoms. The first kappa shape index (κ1) is 15.5. The summed E-state index contributed by atoms with van der Waals surface area (Å²) in [6.07, 6.45) is 2.13. The second-order valence-electron chi connectivity index (χ2n) is 5.21. The van der Waals surface area contributed by atoms with E-state index in [1.165, 1.54) is 21.1 Å². The third-order valence-electron chi connectivity index (χ3n) is 2.89. The maximum atomic E-state index is 4.81. The lowest BCUT2D eigenvalue weighted by molar-refractivity contribution is 0.549. The molecule has 2 rings (SSSR count). The van der Waals surface area contributed by atoms with Gasteiger partial charge in [-0.25, -0.2) is 4.98 Å². The minimum absolute atomic E-state index is 0.666. The van der Waals surface area contributed by atoms with E-state index in [0.717, 1.165) is 18.8 Å². The number of thioether (sulfide) groups is 1. The van der Waals surface area contributed by atoms with Crippen LogP contribution in [0.25, 0.3) is 10.4 Å². The molecule has 0 bridgehead atoms. The molecule has 0 unspecified atom stereocenters. The van der Waals surface area contributed by atoms with Gasteiger partial charge in [0.05, 0.1) is 10.6 Å². The van der Waals surface area contributed by atoms with Crippen molar-refractivity contribution >= 4 is 23.1 Å². The molecule has 0 aliphatic carbocycles. The molecule has 0 fully saturated rings. The van der Waals surface area contributed by atoms with Crippen LogP contribution in [0.4, 0.5) is 0 Å². The third-order valence-corrected chi connectivity index (χ3v) is 4.78. The van der Waals surface area contributed by atoms with Crippen LogP contribution in [0.15, 0.2) is 30.3 Å². The van der Waals surface area contributed by atoms with Crippen LogP contribution in [-0.2, 0) is 12.3 Å². The highest BCUT2D eigenvalue weighted by atomic mass is 32.2. The summed E-state index contributed by atoms with van der Waals surface area (Å²) in [7, 11) is 0. The average Bonchev–Trinajstić information content (AvgIpc) is 2.83. The van der Waals surface area contributed by atoms with Crippen LogP contribution >= 0.6 is 23.1 Å². The monoisotopic (exact) mass is 306 g/mol. The van der Waals surface area contributed by atoms with Crippen molar-refractivity contribution in [3.8, 4) is 10.4 Å². The van der Waals surface area contributed by atoms with Crippen LogP contribution in [0.2, 0.25) is 0 Å².